The van der Waals surface area contributed by atoms with E-state index in [1.807, 2.05) is 56.3 Å². The Hall–Kier alpha value is -3.63. The van der Waals surface area contributed by atoms with Crippen LogP contribution in [0.25, 0.3) is 28.0 Å². The van der Waals surface area contributed by atoms with Crippen LogP contribution in [0.1, 0.15) is 11.3 Å². The number of ether oxygens (including phenoxy) is 1. The number of anilines is 1. The summed E-state index contributed by atoms with van der Waals surface area (Å²) in [5.74, 6) is 1.51. The molecule has 5 aromatic rings. The molecule has 6 nitrogen and oxygen atoms in total. The summed E-state index contributed by atoms with van der Waals surface area (Å²) >= 11 is 1.47. The van der Waals surface area contributed by atoms with Crippen LogP contribution in [0.2, 0.25) is 0 Å². The van der Waals surface area contributed by atoms with Gasteiger partial charge in [-0.25, -0.2) is 0 Å². The van der Waals surface area contributed by atoms with Crippen molar-refractivity contribution in [3.63, 3.8) is 0 Å². The maximum absolute atomic E-state index is 6.07. The number of fused-ring (bicyclic) bond motifs is 1. The van der Waals surface area contributed by atoms with Crippen LogP contribution in [0.15, 0.2) is 73.2 Å². The van der Waals surface area contributed by atoms with Crippen LogP contribution in [0.5, 0.6) is 11.5 Å². The Labute approximate surface area is 194 Å². The normalized spacial score (nSPS) is 11.1. The van der Waals surface area contributed by atoms with Gasteiger partial charge in [-0.3, -0.25) is 0 Å². The molecule has 0 amide bonds. The molecule has 0 aliphatic heterocycles. The Kier molecular flexibility index (Phi) is 5.16. The molecular weight excluding hydrogens is 461 g/mol. The van der Waals surface area contributed by atoms with Crippen molar-refractivity contribution < 1.29 is 4.74 Å². The van der Waals surface area contributed by atoms with Crippen LogP contribution in [0.4, 0.5) is 5.69 Å². The average molecular weight is 483 g/mol. The van der Waals surface area contributed by atoms with Crippen molar-refractivity contribution in [3.05, 3.63) is 84.4 Å². The van der Waals surface area contributed by atoms with Gasteiger partial charge < -0.3 is 0 Å². The van der Waals surface area contributed by atoms with Crippen molar-refractivity contribution in [3.8, 4) is 28.4 Å². The maximum atomic E-state index is 6.07. The number of aromatic nitrogens is 4. The summed E-state index contributed by atoms with van der Waals surface area (Å²) in [5, 5.41) is 0. The molecule has 0 fully saturated rings. The molecule has 0 aliphatic carbocycles. The van der Waals surface area contributed by atoms with Crippen molar-refractivity contribution in [2.75, 3.05) is 5.73 Å². The zero-order valence-electron chi connectivity index (χ0n) is 17.8. The number of hydrogen-bond donors (Lipinski definition) is 1. The number of pyridine rings is 1. The van der Waals surface area contributed by atoms with E-state index < -0.39 is 0 Å². The molecule has 1 atom stereocenters. The number of nitrogens with zero attached hydrogens (tertiary/aromatic N) is 4. The molecule has 2 N–H and O–H groups in total. The van der Waals surface area contributed by atoms with Gasteiger partial charge in [0.2, 0.25) is 0 Å². The van der Waals surface area contributed by atoms with Crippen LogP contribution in [0.3, 0.4) is 0 Å². The molecule has 2 aromatic carbocycles. The minimum absolute atomic E-state index is 0.715. The molecule has 0 radical (unpaired) electrons. The third kappa shape index (κ3) is 3.74. The van der Waals surface area contributed by atoms with Crippen molar-refractivity contribution in [2.45, 2.75) is 13.8 Å². The Morgan fingerprint density at radius 2 is 1.72 bits per heavy atom. The first-order chi connectivity index (χ1) is 15.5. The Bertz CT molecular complexity index is 1430. The molecule has 1 unspecified atom stereocenters. The van der Waals surface area contributed by atoms with Crippen LogP contribution in [0, 0.1) is 13.8 Å². The van der Waals surface area contributed by atoms with Crippen LogP contribution >= 0.6 is 0 Å². The summed E-state index contributed by atoms with van der Waals surface area (Å²) in [7, 11) is 0. The molecule has 32 heavy (non-hydrogen) atoms. The predicted molar refractivity (Wildman–Crippen MR) is 131 cm³/mol. The first kappa shape index (κ1) is 20.3. The standard InChI is InChI=1S/C25H22AsN5O/c1-15-11-19(8-10-23(15)32-20-9-3-16(2)28-13-20)31-22(17-4-6-18(27)7-5-17)12-21-24(31)25(26)30-14-29-21/h3-14H,26-27H2,1-2H3. The monoisotopic (exact) mass is 483 g/mol. The Morgan fingerprint density at radius 1 is 0.906 bits per heavy atom. The quantitative estimate of drug-likeness (QED) is 0.311. The van der Waals surface area contributed by atoms with Gasteiger partial charge in [-0.05, 0) is 6.92 Å². The zero-order chi connectivity index (χ0) is 22.2. The van der Waals surface area contributed by atoms with Gasteiger partial charge in [-0.1, -0.05) is 0 Å². The minimum atomic E-state index is 0.715. The molecule has 3 heterocycles. The van der Waals surface area contributed by atoms with Crippen molar-refractivity contribution in [2.24, 2.45) is 0 Å². The topological polar surface area (TPSA) is 78.9 Å². The van der Waals surface area contributed by atoms with Gasteiger partial charge in [0.15, 0.2) is 0 Å². The first-order valence-electron chi connectivity index (χ1n) is 10.2. The molecule has 3 aromatic heterocycles. The molecular formula is C25H22AsN5O. The van der Waals surface area contributed by atoms with E-state index in [2.05, 4.69) is 37.7 Å². The van der Waals surface area contributed by atoms with Crippen LogP contribution in [-0.2, 0) is 0 Å². The second-order valence-electron chi connectivity index (χ2n) is 7.67. The van der Waals surface area contributed by atoms with Gasteiger partial charge in [0.25, 0.3) is 0 Å². The predicted octanol–water partition coefficient (Wildman–Crippen LogP) is 3.73. The summed E-state index contributed by atoms with van der Waals surface area (Å²) < 4.78 is 9.26. The van der Waals surface area contributed by atoms with E-state index in [1.54, 1.807) is 12.5 Å². The average Bonchev–Trinajstić information content (AvgIpc) is 3.18. The SMILES string of the molecule is Cc1ccc(Oc2ccc(-n3c(-c4ccc(N)cc4)cc4ncnc([AsH2])c43)cc2C)cn1. The third-order valence-electron chi connectivity index (χ3n) is 5.35. The van der Waals surface area contributed by atoms with Crippen LogP contribution in [-0.4, -0.2) is 36.4 Å². The van der Waals surface area contributed by atoms with E-state index in [0.717, 1.165) is 55.2 Å². The summed E-state index contributed by atoms with van der Waals surface area (Å²) in [6.07, 6.45) is 3.36. The fourth-order valence-electron chi connectivity index (χ4n) is 3.72. The van der Waals surface area contributed by atoms with Gasteiger partial charge in [0.1, 0.15) is 0 Å². The molecule has 0 saturated heterocycles. The Balaban J connectivity index is 1.63. The fourth-order valence-corrected chi connectivity index (χ4v) is 4.44. The van der Waals surface area contributed by atoms with Gasteiger partial charge in [0, 0.05) is 0 Å². The fraction of sp³-hybridized carbons (Fsp3) is 0.0800. The van der Waals surface area contributed by atoms with E-state index in [0.29, 0.717) is 5.75 Å². The summed E-state index contributed by atoms with van der Waals surface area (Å²) in [5.41, 5.74) is 13.7. The van der Waals surface area contributed by atoms with E-state index in [4.69, 9.17) is 10.5 Å². The number of nitrogens with two attached hydrogens (primary N) is 1. The first-order valence-corrected chi connectivity index (χ1v) is 11.4. The van der Waals surface area contributed by atoms with Crippen molar-refractivity contribution in [1.29, 1.82) is 0 Å². The van der Waals surface area contributed by atoms with Gasteiger partial charge in [-0.15, -0.1) is 0 Å². The van der Waals surface area contributed by atoms with Crippen molar-refractivity contribution in [1.82, 2.24) is 19.5 Å². The zero-order valence-corrected chi connectivity index (χ0v) is 20.2. The summed E-state index contributed by atoms with van der Waals surface area (Å²) in [6.45, 7) is 4.00. The molecule has 0 bridgehead atoms. The molecule has 0 saturated carbocycles. The molecule has 7 heteroatoms. The van der Waals surface area contributed by atoms with E-state index in [1.165, 1.54) is 16.9 Å². The molecule has 0 aliphatic rings. The van der Waals surface area contributed by atoms with Crippen LogP contribution < -0.4 is 15.0 Å². The number of hydrogen-bond acceptors (Lipinski definition) is 5. The second-order valence-corrected chi connectivity index (χ2v) is 8.81. The van der Waals surface area contributed by atoms with E-state index in [-0.39, 0.29) is 0 Å². The number of rotatable bonds is 4. The summed E-state index contributed by atoms with van der Waals surface area (Å²) in [4.78, 5) is 13.3. The summed E-state index contributed by atoms with van der Waals surface area (Å²) in [6, 6.07) is 20.0. The van der Waals surface area contributed by atoms with Gasteiger partial charge in [0.05, 0.1) is 0 Å². The number of aryl methyl sites for hydroxylation is 2. The van der Waals surface area contributed by atoms with E-state index >= 15 is 0 Å². The third-order valence-corrected chi connectivity index (χ3v) is 6.24. The number of benzene rings is 2. The molecule has 0 spiro atoms. The van der Waals surface area contributed by atoms with Gasteiger partial charge >= 0.3 is 188 Å². The number of nitrogen functional groups attached to an aromatic ring is 1. The molecule has 5 rings (SSSR count). The second kappa shape index (κ2) is 8.13. The van der Waals surface area contributed by atoms with E-state index in [9.17, 15) is 0 Å². The van der Waals surface area contributed by atoms with Crippen molar-refractivity contribution >= 4 is 38.1 Å². The molecule has 158 valence electrons. The Morgan fingerprint density at radius 3 is 2.44 bits per heavy atom. The van der Waals surface area contributed by atoms with Gasteiger partial charge in [-0.2, -0.15) is 0 Å².